The molecular formula is C9H10ClNO3. The van der Waals surface area contributed by atoms with Crippen LogP contribution in [0.2, 0.25) is 5.35 Å². The summed E-state index contributed by atoms with van der Waals surface area (Å²) in [6.45, 7) is 2.13. The van der Waals surface area contributed by atoms with Gasteiger partial charge in [-0.15, -0.1) is 0 Å². The maximum absolute atomic E-state index is 10.9. The first-order chi connectivity index (χ1) is 6.72. The molecule has 1 rings (SSSR count). The van der Waals surface area contributed by atoms with Crippen molar-refractivity contribution in [2.75, 3.05) is 6.61 Å². The zero-order chi connectivity index (χ0) is 10.4. The monoisotopic (exact) mass is 215 g/mol. The molecule has 4 nitrogen and oxygen atoms in total. The molecule has 0 radical (unpaired) electrons. The van der Waals surface area contributed by atoms with Gasteiger partial charge in [0.25, 0.3) is 5.35 Å². The summed E-state index contributed by atoms with van der Waals surface area (Å²) in [5.41, 5.74) is 0.676. The summed E-state index contributed by atoms with van der Waals surface area (Å²) in [5, 5.41) is 0.101. The standard InChI is InChI=1S/C9H10ClNO3/c1-2-13-8(12)5-3-4-7-6-14-9(10)11-7/h3,5-6H,2,4H2,1H3/b5-3+. The number of oxazole rings is 1. The van der Waals surface area contributed by atoms with Crippen molar-refractivity contribution < 1.29 is 13.9 Å². The summed E-state index contributed by atoms with van der Waals surface area (Å²) in [6.07, 6.45) is 4.94. The third kappa shape index (κ3) is 3.62. The molecule has 0 aliphatic heterocycles. The second-order valence-corrected chi connectivity index (χ2v) is 2.77. The third-order valence-electron chi connectivity index (χ3n) is 1.39. The first kappa shape index (κ1) is 10.8. The van der Waals surface area contributed by atoms with Crippen LogP contribution in [0.4, 0.5) is 0 Å². The molecule has 0 bridgehead atoms. The number of allylic oxidation sites excluding steroid dienone is 1. The number of aromatic nitrogens is 1. The molecule has 1 aromatic heterocycles. The maximum Gasteiger partial charge on any atom is 0.330 e. The molecule has 5 heteroatoms. The number of hydrogen-bond donors (Lipinski definition) is 0. The van der Waals surface area contributed by atoms with E-state index in [9.17, 15) is 4.79 Å². The topological polar surface area (TPSA) is 52.3 Å². The molecule has 0 saturated heterocycles. The predicted molar refractivity (Wildman–Crippen MR) is 51.0 cm³/mol. The Balaban J connectivity index is 2.36. The van der Waals surface area contributed by atoms with E-state index >= 15 is 0 Å². The number of nitrogens with zero attached hydrogens (tertiary/aromatic N) is 1. The van der Waals surface area contributed by atoms with E-state index in [1.807, 2.05) is 0 Å². The van der Waals surface area contributed by atoms with Gasteiger partial charge in [-0.05, 0) is 18.5 Å². The van der Waals surface area contributed by atoms with Gasteiger partial charge in [0.2, 0.25) is 0 Å². The van der Waals surface area contributed by atoms with Crippen molar-refractivity contribution >= 4 is 17.6 Å². The molecule has 0 amide bonds. The van der Waals surface area contributed by atoms with E-state index in [0.717, 1.165) is 0 Å². The predicted octanol–water partition coefficient (Wildman–Crippen LogP) is 1.99. The highest BCUT2D eigenvalue weighted by Gasteiger charge is 1.98. The average Bonchev–Trinajstić information content (AvgIpc) is 2.52. The number of ether oxygens (including phenoxy) is 1. The van der Waals surface area contributed by atoms with Gasteiger partial charge in [0, 0.05) is 12.5 Å². The van der Waals surface area contributed by atoms with E-state index in [4.69, 9.17) is 16.0 Å². The van der Waals surface area contributed by atoms with Crippen molar-refractivity contribution in [3.8, 4) is 0 Å². The van der Waals surface area contributed by atoms with Crippen LogP contribution in [-0.4, -0.2) is 17.6 Å². The van der Waals surface area contributed by atoms with Crippen LogP contribution in [0.1, 0.15) is 12.6 Å². The van der Waals surface area contributed by atoms with Gasteiger partial charge in [-0.3, -0.25) is 0 Å². The lowest BCUT2D eigenvalue weighted by atomic mass is 10.3. The van der Waals surface area contributed by atoms with Crippen molar-refractivity contribution in [1.29, 1.82) is 0 Å². The second kappa shape index (κ2) is 5.44. The summed E-state index contributed by atoms with van der Waals surface area (Å²) in [4.78, 5) is 14.7. The minimum Gasteiger partial charge on any atom is -0.463 e. The Morgan fingerprint density at radius 1 is 1.79 bits per heavy atom. The van der Waals surface area contributed by atoms with E-state index in [0.29, 0.717) is 18.7 Å². The van der Waals surface area contributed by atoms with Crippen molar-refractivity contribution in [3.63, 3.8) is 0 Å². The third-order valence-corrected chi connectivity index (χ3v) is 1.56. The first-order valence-electron chi connectivity index (χ1n) is 4.15. The number of carbonyl (C=O) groups excluding carboxylic acids is 1. The Labute approximate surface area is 86.5 Å². The average molecular weight is 216 g/mol. The normalized spacial score (nSPS) is 10.7. The maximum atomic E-state index is 10.9. The van der Waals surface area contributed by atoms with Crippen LogP contribution in [0.5, 0.6) is 0 Å². The fourth-order valence-electron chi connectivity index (χ4n) is 0.842. The highest BCUT2D eigenvalue weighted by atomic mass is 35.5. The number of carbonyl (C=O) groups is 1. The molecule has 0 aromatic carbocycles. The molecule has 0 saturated carbocycles. The van der Waals surface area contributed by atoms with Crippen LogP contribution in [-0.2, 0) is 16.0 Å². The summed E-state index contributed by atoms with van der Waals surface area (Å²) in [5.74, 6) is -0.359. The van der Waals surface area contributed by atoms with Crippen molar-refractivity contribution in [2.24, 2.45) is 0 Å². The molecule has 14 heavy (non-hydrogen) atoms. The van der Waals surface area contributed by atoms with Gasteiger partial charge < -0.3 is 9.15 Å². The molecule has 1 aromatic rings. The molecule has 0 aliphatic rings. The van der Waals surface area contributed by atoms with Crippen molar-refractivity contribution in [1.82, 2.24) is 4.98 Å². The van der Waals surface area contributed by atoms with Crippen LogP contribution in [0, 0.1) is 0 Å². The lowest BCUT2D eigenvalue weighted by molar-refractivity contribution is -0.137. The van der Waals surface area contributed by atoms with Gasteiger partial charge in [-0.1, -0.05) is 6.08 Å². The smallest absolute Gasteiger partial charge is 0.330 e. The fourth-order valence-corrected chi connectivity index (χ4v) is 0.995. The van der Waals surface area contributed by atoms with E-state index in [1.165, 1.54) is 12.3 Å². The Kier molecular flexibility index (Phi) is 4.19. The molecule has 1 heterocycles. The summed E-state index contributed by atoms with van der Waals surface area (Å²) < 4.78 is 9.46. The van der Waals surface area contributed by atoms with Crippen LogP contribution in [0.25, 0.3) is 0 Å². The van der Waals surface area contributed by atoms with Gasteiger partial charge in [0.15, 0.2) is 0 Å². The number of esters is 1. The molecule has 0 fully saturated rings. The Bertz CT molecular complexity index is 333. The van der Waals surface area contributed by atoms with Gasteiger partial charge >= 0.3 is 5.97 Å². The molecule has 0 aliphatic carbocycles. The number of rotatable bonds is 4. The van der Waals surface area contributed by atoms with Gasteiger partial charge in [-0.2, -0.15) is 0 Å². The quantitative estimate of drug-likeness (QED) is 0.569. The van der Waals surface area contributed by atoms with Crippen LogP contribution < -0.4 is 0 Å². The minimum absolute atomic E-state index is 0.101. The van der Waals surface area contributed by atoms with Gasteiger partial charge in [0.1, 0.15) is 6.26 Å². The summed E-state index contributed by atoms with van der Waals surface area (Å²) in [6, 6.07) is 0. The highest BCUT2D eigenvalue weighted by Crippen LogP contribution is 2.07. The molecule has 76 valence electrons. The Hall–Kier alpha value is -1.29. The van der Waals surface area contributed by atoms with Crippen LogP contribution >= 0.6 is 11.6 Å². The number of halogens is 1. The highest BCUT2D eigenvalue weighted by molar-refractivity contribution is 6.27. The molecule has 0 atom stereocenters. The fraction of sp³-hybridized carbons (Fsp3) is 0.333. The molecule has 0 N–H and O–H groups in total. The van der Waals surface area contributed by atoms with E-state index < -0.39 is 0 Å². The molecule has 0 spiro atoms. The Morgan fingerprint density at radius 2 is 2.57 bits per heavy atom. The summed E-state index contributed by atoms with van der Waals surface area (Å²) >= 11 is 5.46. The number of hydrogen-bond acceptors (Lipinski definition) is 4. The first-order valence-corrected chi connectivity index (χ1v) is 4.53. The van der Waals surface area contributed by atoms with Crippen molar-refractivity contribution in [3.05, 3.63) is 29.5 Å². The zero-order valence-corrected chi connectivity index (χ0v) is 8.45. The lowest BCUT2D eigenvalue weighted by Crippen LogP contribution is -1.99. The molecule has 0 unspecified atom stereocenters. The van der Waals surface area contributed by atoms with Crippen molar-refractivity contribution in [2.45, 2.75) is 13.3 Å². The largest absolute Gasteiger partial charge is 0.463 e. The zero-order valence-electron chi connectivity index (χ0n) is 7.70. The van der Waals surface area contributed by atoms with E-state index in [1.54, 1.807) is 13.0 Å². The van der Waals surface area contributed by atoms with Crippen LogP contribution in [0.15, 0.2) is 22.8 Å². The Morgan fingerprint density at radius 3 is 3.14 bits per heavy atom. The van der Waals surface area contributed by atoms with Gasteiger partial charge in [0.05, 0.1) is 12.3 Å². The second-order valence-electron chi connectivity index (χ2n) is 2.45. The SMILES string of the molecule is CCOC(=O)/C=C/Cc1coc(Cl)n1. The van der Waals surface area contributed by atoms with Gasteiger partial charge in [-0.25, -0.2) is 9.78 Å². The minimum atomic E-state index is -0.359. The van der Waals surface area contributed by atoms with E-state index in [-0.39, 0.29) is 11.3 Å². The van der Waals surface area contributed by atoms with Crippen LogP contribution in [0.3, 0.4) is 0 Å². The lowest BCUT2D eigenvalue weighted by Gasteiger charge is -1.93. The molecular weight excluding hydrogens is 206 g/mol. The summed E-state index contributed by atoms with van der Waals surface area (Å²) in [7, 11) is 0. The van der Waals surface area contributed by atoms with E-state index in [2.05, 4.69) is 9.72 Å².